The second-order valence-corrected chi connectivity index (χ2v) is 5.40. The summed E-state index contributed by atoms with van der Waals surface area (Å²) in [6.45, 7) is 3.70. The van der Waals surface area contributed by atoms with Crippen molar-refractivity contribution in [1.29, 1.82) is 0 Å². The van der Waals surface area contributed by atoms with Crippen molar-refractivity contribution >= 4 is 0 Å². The van der Waals surface area contributed by atoms with Gasteiger partial charge in [0, 0.05) is 25.2 Å². The molecule has 1 aliphatic heterocycles. The van der Waals surface area contributed by atoms with Gasteiger partial charge in [0.1, 0.15) is 0 Å². The Morgan fingerprint density at radius 1 is 1.19 bits per heavy atom. The van der Waals surface area contributed by atoms with Crippen LogP contribution in [0.15, 0.2) is 12.2 Å². The van der Waals surface area contributed by atoms with Crippen molar-refractivity contribution in [2.75, 3.05) is 26.7 Å². The van der Waals surface area contributed by atoms with Gasteiger partial charge >= 0.3 is 0 Å². The highest BCUT2D eigenvalue weighted by Crippen LogP contribution is 2.30. The molecule has 0 aromatic rings. The highest BCUT2D eigenvalue weighted by molar-refractivity contribution is 4.94. The number of hydrogen-bond donors (Lipinski definition) is 1. The molecule has 2 aliphatic rings. The van der Waals surface area contributed by atoms with Crippen molar-refractivity contribution in [1.82, 2.24) is 10.2 Å². The maximum absolute atomic E-state index is 3.61. The van der Waals surface area contributed by atoms with Gasteiger partial charge in [0.25, 0.3) is 0 Å². The number of rotatable bonds is 4. The summed E-state index contributed by atoms with van der Waals surface area (Å²) in [7, 11) is 2.15. The second kappa shape index (κ2) is 5.83. The fraction of sp³-hybridized carbons (Fsp3) is 0.857. The van der Waals surface area contributed by atoms with E-state index < -0.39 is 0 Å². The van der Waals surface area contributed by atoms with Crippen LogP contribution in [0.5, 0.6) is 0 Å². The average Bonchev–Trinajstić information content (AvgIpc) is 2.39. The fourth-order valence-corrected chi connectivity index (χ4v) is 3.12. The molecule has 0 bridgehead atoms. The molecule has 0 aromatic heterocycles. The van der Waals surface area contributed by atoms with Crippen molar-refractivity contribution in [3.05, 3.63) is 12.2 Å². The fourth-order valence-electron chi connectivity index (χ4n) is 3.12. The highest BCUT2D eigenvalue weighted by Gasteiger charge is 2.30. The summed E-state index contributed by atoms with van der Waals surface area (Å²) in [5, 5.41) is 3.61. The second-order valence-electron chi connectivity index (χ2n) is 5.40. The van der Waals surface area contributed by atoms with Gasteiger partial charge in [-0.05, 0) is 32.7 Å². The van der Waals surface area contributed by atoms with Crippen LogP contribution >= 0.6 is 0 Å². The van der Waals surface area contributed by atoms with Crippen molar-refractivity contribution in [2.45, 2.75) is 50.5 Å². The smallest absolute Gasteiger partial charge is 0.0190 e. The van der Waals surface area contributed by atoms with Gasteiger partial charge in [-0.25, -0.2) is 0 Å². The Balaban J connectivity index is 1.79. The van der Waals surface area contributed by atoms with E-state index in [2.05, 4.69) is 29.4 Å². The topological polar surface area (TPSA) is 15.3 Å². The van der Waals surface area contributed by atoms with E-state index in [1.807, 2.05) is 0 Å². The van der Waals surface area contributed by atoms with Crippen molar-refractivity contribution < 1.29 is 0 Å². The maximum atomic E-state index is 3.61. The minimum Gasteiger partial charge on any atom is -0.314 e. The summed E-state index contributed by atoms with van der Waals surface area (Å²) < 4.78 is 0. The van der Waals surface area contributed by atoms with Crippen molar-refractivity contribution in [3.63, 3.8) is 0 Å². The quantitative estimate of drug-likeness (QED) is 0.735. The van der Waals surface area contributed by atoms with E-state index in [-0.39, 0.29) is 0 Å². The van der Waals surface area contributed by atoms with E-state index in [1.165, 1.54) is 64.6 Å². The van der Waals surface area contributed by atoms with E-state index in [9.17, 15) is 0 Å². The van der Waals surface area contributed by atoms with Crippen LogP contribution in [0.4, 0.5) is 0 Å². The van der Waals surface area contributed by atoms with Gasteiger partial charge in [-0.2, -0.15) is 0 Å². The minimum atomic E-state index is 0.458. The lowest BCUT2D eigenvalue weighted by Gasteiger charge is -2.39. The first kappa shape index (κ1) is 12.1. The van der Waals surface area contributed by atoms with Crippen LogP contribution in [0.2, 0.25) is 0 Å². The van der Waals surface area contributed by atoms with Crippen molar-refractivity contribution in [2.24, 2.45) is 0 Å². The van der Waals surface area contributed by atoms with Crippen LogP contribution in [-0.2, 0) is 0 Å². The predicted molar refractivity (Wildman–Crippen MR) is 69.7 cm³/mol. The number of hydrogen-bond acceptors (Lipinski definition) is 2. The monoisotopic (exact) mass is 222 g/mol. The maximum Gasteiger partial charge on any atom is 0.0190 e. The molecule has 1 aliphatic carbocycles. The Hall–Kier alpha value is -0.340. The third-order valence-corrected chi connectivity index (χ3v) is 4.39. The average molecular weight is 222 g/mol. The van der Waals surface area contributed by atoms with Crippen LogP contribution < -0.4 is 5.32 Å². The van der Waals surface area contributed by atoms with E-state index in [0.29, 0.717) is 5.54 Å². The van der Waals surface area contributed by atoms with Gasteiger partial charge in [0.05, 0.1) is 0 Å². The van der Waals surface area contributed by atoms with Crippen molar-refractivity contribution in [3.8, 4) is 0 Å². The Bertz CT molecular complexity index is 229. The van der Waals surface area contributed by atoms with Gasteiger partial charge < -0.3 is 5.32 Å². The summed E-state index contributed by atoms with van der Waals surface area (Å²) in [5.41, 5.74) is 0.458. The van der Waals surface area contributed by atoms with Gasteiger partial charge in [-0.1, -0.05) is 31.4 Å². The normalized spacial score (nSPS) is 25.8. The molecule has 1 fully saturated rings. The zero-order chi connectivity index (χ0) is 11.3. The highest BCUT2D eigenvalue weighted by atomic mass is 15.1. The largest absolute Gasteiger partial charge is 0.314 e. The predicted octanol–water partition coefficient (Wildman–Crippen LogP) is 2.56. The lowest BCUT2D eigenvalue weighted by Crippen LogP contribution is -2.47. The van der Waals surface area contributed by atoms with E-state index in [1.54, 1.807) is 0 Å². The summed E-state index contributed by atoms with van der Waals surface area (Å²) in [5.74, 6) is 0. The zero-order valence-electron chi connectivity index (χ0n) is 10.7. The molecule has 1 heterocycles. The molecule has 2 nitrogen and oxygen atoms in total. The first-order valence-corrected chi connectivity index (χ1v) is 6.91. The summed E-state index contributed by atoms with van der Waals surface area (Å²) in [6.07, 6.45) is 14.2. The van der Waals surface area contributed by atoms with E-state index in [4.69, 9.17) is 0 Å². The molecule has 2 rings (SSSR count). The molecule has 16 heavy (non-hydrogen) atoms. The van der Waals surface area contributed by atoms with Gasteiger partial charge in [-0.3, -0.25) is 4.90 Å². The molecule has 0 radical (unpaired) electrons. The van der Waals surface area contributed by atoms with E-state index >= 15 is 0 Å². The Morgan fingerprint density at radius 2 is 2.00 bits per heavy atom. The van der Waals surface area contributed by atoms with Gasteiger partial charge in [-0.15, -0.1) is 0 Å². The van der Waals surface area contributed by atoms with E-state index in [0.717, 1.165) is 0 Å². The lowest BCUT2D eigenvalue weighted by atomic mass is 9.79. The number of nitrogens with zero attached hydrogens (tertiary/aromatic N) is 1. The molecule has 0 unspecified atom stereocenters. The molecule has 92 valence electrons. The van der Waals surface area contributed by atoms with Crippen LogP contribution in [0.1, 0.15) is 44.9 Å². The molecular weight excluding hydrogens is 196 g/mol. The molecule has 1 saturated carbocycles. The minimum absolute atomic E-state index is 0.458. The lowest BCUT2D eigenvalue weighted by molar-refractivity contribution is 0.188. The zero-order valence-corrected chi connectivity index (χ0v) is 10.7. The number of nitrogens with one attached hydrogen (secondary N) is 1. The van der Waals surface area contributed by atoms with Gasteiger partial charge in [0.15, 0.2) is 0 Å². The van der Waals surface area contributed by atoms with Crippen LogP contribution in [0.3, 0.4) is 0 Å². The third kappa shape index (κ3) is 3.08. The molecule has 0 atom stereocenters. The van der Waals surface area contributed by atoms with Crippen LogP contribution in [-0.4, -0.2) is 37.1 Å². The Morgan fingerprint density at radius 3 is 2.62 bits per heavy atom. The molecule has 0 aromatic carbocycles. The third-order valence-electron chi connectivity index (χ3n) is 4.39. The van der Waals surface area contributed by atoms with Gasteiger partial charge in [0.2, 0.25) is 0 Å². The molecule has 1 N–H and O–H groups in total. The molecule has 0 amide bonds. The first-order valence-electron chi connectivity index (χ1n) is 6.91. The molecule has 0 spiro atoms. The first-order chi connectivity index (χ1) is 7.85. The summed E-state index contributed by atoms with van der Waals surface area (Å²) in [4.78, 5) is 2.59. The Labute approximate surface area is 100 Å². The SMILES string of the molecule is CNC1(CCN2CC=CCC2)CCCCC1. The van der Waals surface area contributed by atoms with Crippen LogP contribution in [0, 0.1) is 0 Å². The molecule has 2 heteroatoms. The summed E-state index contributed by atoms with van der Waals surface area (Å²) >= 11 is 0. The van der Waals surface area contributed by atoms with Crippen LogP contribution in [0.25, 0.3) is 0 Å². The Kier molecular flexibility index (Phi) is 4.42. The molecular formula is C14H26N2. The summed E-state index contributed by atoms with van der Waals surface area (Å²) in [6, 6.07) is 0. The molecule has 0 saturated heterocycles. The standard InChI is InChI=1S/C14H26N2/c1-15-14(8-4-2-5-9-14)10-13-16-11-6-3-7-12-16/h3,6,15H,2,4-5,7-13H2,1H3.